The molecule has 0 N–H and O–H groups in total. The van der Waals surface area contributed by atoms with E-state index in [0.29, 0.717) is 6.42 Å². The number of hydrogen-bond acceptors (Lipinski definition) is 3. The summed E-state index contributed by atoms with van der Waals surface area (Å²) >= 11 is 0. The van der Waals surface area contributed by atoms with Crippen LogP contribution in [0.1, 0.15) is 143 Å². The van der Waals surface area contributed by atoms with Crippen LogP contribution in [0.4, 0.5) is 0 Å². The highest BCUT2D eigenvalue weighted by Gasteiger charge is 2.26. The van der Waals surface area contributed by atoms with Crippen LogP contribution in [-0.2, 0) is 14.3 Å². The molecule has 0 radical (unpaired) electrons. The molecular formula is C27H52O3. The van der Waals surface area contributed by atoms with Crippen LogP contribution in [-0.4, -0.2) is 18.2 Å². The third kappa shape index (κ3) is 16.8. The smallest absolute Gasteiger partial charge is 0.306 e. The Hall–Kier alpha value is -0.990. The van der Waals surface area contributed by atoms with Crippen molar-refractivity contribution in [3.63, 3.8) is 0 Å². The van der Waals surface area contributed by atoms with Crippen LogP contribution in [0.5, 0.6) is 0 Å². The van der Waals surface area contributed by atoms with Crippen molar-refractivity contribution in [3.05, 3.63) is 12.3 Å². The number of unbranched alkanes of at least 4 members (excludes halogenated alkanes) is 10. The van der Waals surface area contributed by atoms with Crippen molar-refractivity contribution in [2.45, 2.75) is 155 Å². The molecule has 0 heterocycles. The Bertz CT molecular complexity index is 367. The molecule has 0 bridgehead atoms. The average molecular weight is 425 g/mol. The molecule has 0 aromatic heterocycles. The fraction of sp³-hybridized carbons (Fsp3) is 0.889. The number of rotatable bonds is 22. The van der Waals surface area contributed by atoms with Gasteiger partial charge in [0.1, 0.15) is 12.2 Å². The highest BCUT2D eigenvalue weighted by atomic mass is 16.6. The van der Waals surface area contributed by atoms with E-state index in [1.54, 1.807) is 0 Å². The van der Waals surface area contributed by atoms with Gasteiger partial charge in [0.05, 0.1) is 5.76 Å². The molecule has 0 fully saturated rings. The molecular weight excluding hydrogens is 372 g/mol. The zero-order valence-electron chi connectivity index (χ0n) is 20.8. The van der Waals surface area contributed by atoms with E-state index in [4.69, 9.17) is 9.47 Å². The summed E-state index contributed by atoms with van der Waals surface area (Å²) in [7, 11) is 0. The molecule has 0 amide bonds. The molecule has 0 aliphatic carbocycles. The highest BCUT2D eigenvalue weighted by molar-refractivity contribution is 5.69. The normalized spacial score (nSPS) is 13.1. The van der Waals surface area contributed by atoms with Crippen molar-refractivity contribution in [1.29, 1.82) is 0 Å². The lowest BCUT2D eigenvalue weighted by molar-refractivity contribution is -0.157. The van der Waals surface area contributed by atoms with E-state index in [-0.39, 0.29) is 18.2 Å². The third-order valence-electron chi connectivity index (χ3n) is 5.74. The zero-order valence-corrected chi connectivity index (χ0v) is 20.8. The maximum absolute atomic E-state index is 12.5. The topological polar surface area (TPSA) is 35.5 Å². The van der Waals surface area contributed by atoms with Gasteiger partial charge in [-0.25, -0.2) is 0 Å². The minimum Gasteiger partial charge on any atom is -0.492 e. The van der Waals surface area contributed by atoms with Gasteiger partial charge in [0.2, 0.25) is 0 Å². The zero-order chi connectivity index (χ0) is 22.5. The van der Waals surface area contributed by atoms with Crippen molar-refractivity contribution in [3.8, 4) is 0 Å². The Labute approximate surface area is 188 Å². The van der Waals surface area contributed by atoms with Crippen LogP contribution < -0.4 is 0 Å². The Morgan fingerprint density at radius 2 is 1.03 bits per heavy atom. The fourth-order valence-electron chi connectivity index (χ4n) is 3.78. The van der Waals surface area contributed by atoms with Crippen LogP contribution in [0.2, 0.25) is 0 Å². The lowest BCUT2D eigenvalue weighted by atomic mass is 9.99. The summed E-state index contributed by atoms with van der Waals surface area (Å²) in [6.07, 6.45) is 19.3. The SMILES string of the molecule is C=C(CCCCC)OC(CCCCCC)C(CCCCCC)OC(=O)CCCCC. The van der Waals surface area contributed by atoms with E-state index < -0.39 is 0 Å². The first kappa shape index (κ1) is 29.0. The minimum atomic E-state index is -0.138. The monoisotopic (exact) mass is 424 g/mol. The summed E-state index contributed by atoms with van der Waals surface area (Å²) in [4.78, 5) is 12.5. The van der Waals surface area contributed by atoms with E-state index in [2.05, 4.69) is 34.3 Å². The fourth-order valence-corrected chi connectivity index (χ4v) is 3.78. The quantitative estimate of drug-likeness (QED) is 0.0988. The van der Waals surface area contributed by atoms with E-state index in [1.165, 1.54) is 51.4 Å². The molecule has 3 nitrogen and oxygen atoms in total. The largest absolute Gasteiger partial charge is 0.492 e. The van der Waals surface area contributed by atoms with Gasteiger partial charge in [0.25, 0.3) is 0 Å². The van der Waals surface area contributed by atoms with Crippen molar-refractivity contribution < 1.29 is 14.3 Å². The lowest BCUT2D eigenvalue weighted by Crippen LogP contribution is -2.33. The molecule has 178 valence electrons. The van der Waals surface area contributed by atoms with E-state index >= 15 is 0 Å². The van der Waals surface area contributed by atoms with Gasteiger partial charge in [0, 0.05) is 12.8 Å². The first-order chi connectivity index (χ1) is 14.6. The number of ether oxygens (including phenoxy) is 2. The number of carbonyl (C=O) groups is 1. The number of allylic oxidation sites excluding steroid dienone is 1. The standard InChI is InChI=1S/C27H52O3/c1-6-10-14-18-21-25(29-24(5)20-16-12-8-3)26(22-19-15-11-7-2)30-27(28)23-17-13-9-4/h25-26H,5-23H2,1-4H3. The minimum absolute atomic E-state index is 0.0484. The average Bonchev–Trinajstić information content (AvgIpc) is 2.73. The summed E-state index contributed by atoms with van der Waals surface area (Å²) in [5, 5.41) is 0. The van der Waals surface area contributed by atoms with E-state index in [1.807, 2.05) is 0 Å². The summed E-state index contributed by atoms with van der Waals surface area (Å²) in [6, 6.07) is 0. The molecule has 0 saturated heterocycles. The first-order valence-electron chi connectivity index (χ1n) is 13.1. The van der Waals surface area contributed by atoms with Gasteiger partial charge in [-0.2, -0.15) is 0 Å². The van der Waals surface area contributed by atoms with E-state index in [0.717, 1.165) is 63.5 Å². The Balaban J connectivity index is 4.99. The van der Waals surface area contributed by atoms with Gasteiger partial charge in [-0.05, 0) is 38.5 Å². The molecule has 0 aromatic carbocycles. The molecule has 0 saturated carbocycles. The maximum Gasteiger partial charge on any atom is 0.306 e. The number of carbonyl (C=O) groups excluding carboxylic acids is 1. The van der Waals surface area contributed by atoms with Crippen molar-refractivity contribution >= 4 is 5.97 Å². The number of hydrogen-bond donors (Lipinski definition) is 0. The molecule has 2 unspecified atom stereocenters. The van der Waals surface area contributed by atoms with Crippen molar-refractivity contribution in [1.82, 2.24) is 0 Å². The first-order valence-corrected chi connectivity index (χ1v) is 13.1. The van der Waals surface area contributed by atoms with Gasteiger partial charge >= 0.3 is 5.97 Å². The van der Waals surface area contributed by atoms with Gasteiger partial charge in [-0.15, -0.1) is 0 Å². The van der Waals surface area contributed by atoms with Crippen LogP contribution in [0, 0.1) is 0 Å². The second-order valence-electron chi connectivity index (χ2n) is 8.84. The summed E-state index contributed by atoms with van der Waals surface area (Å²) in [5.41, 5.74) is 0. The van der Waals surface area contributed by atoms with Crippen LogP contribution >= 0.6 is 0 Å². The van der Waals surface area contributed by atoms with Crippen molar-refractivity contribution in [2.75, 3.05) is 0 Å². The highest BCUT2D eigenvalue weighted by Crippen LogP contribution is 2.24. The van der Waals surface area contributed by atoms with Gasteiger partial charge in [0.15, 0.2) is 0 Å². The van der Waals surface area contributed by atoms with Crippen LogP contribution in [0.15, 0.2) is 12.3 Å². The molecule has 2 atom stereocenters. The third-order valence-corrected chi connectivity index (χ3v) is 5.74. The molecule has 0 aliphatic heterocycles. The molecule has 0 aromatic rings. The van der Waals surface area contributed by atoms with E-state index in [9.17, 15) is 4.79 Å². The Morgan fingerprint density at radius 1 is 0.600 bits per heavy atom. The van der Waals surface area contributed by atoms with Crippen molar-refractivity contribution in [2.24, 2.45) is 0 Å². The predicted molar refractivity (Wildman–Crippen MR) is 130 cm³/mol. The molecule has 0 rings (SSSR count). The Kier molecular flexibility index (Phi) is 20.5. The second-order valence-corrected chi connectivity index (χ2v) is 8.84. The summed E-state index contributed by atoms with van der Waals surface area (Å²) in [5.74, 6) is 0.812. The molecule has 3 heteroatoms. The lowest BCUT2D eigenvalue weighted by Gasteiger charge is -2.29. The second kappa shape index (κ2) is 21.2. The summed E-state index contributed by atoms with van der Waals surface area (Å²) in [6.45, 7) is 13.0. The van der Waals surface area contributed by atoms with Gasteiger partial charge in [-0.1, -0.05) is 98.5 Å². The van der Waals surface area contributed by atoms with Gasteiger partial charge in [-0.3, -0.25) is 4.79 Å². The van der Waals surface area contributed by atoms with Gasteiger partial charge < -0.3 is 9.47 Å². The molecule has 0 spiro atoms. The van der Waals surface area contributed by atoms with Crippen LogP contribution in [0.25, 0.3) is 0 Å². The molecule has 30 heavy (non-hydrogen) atoms. The maximum atomic E-state index is 12.5. The van der Waals surface area contributed by atoms with Crippen LogP contribution in [0.3, 0.4) is 0 Å². The Morgan fingerprint density at radius 3 is 1.53 bits per heavy atom. The molecule has 0 aliphatic rings. The number of esters is 1. The summed E-state index contributed by atoms with van der Waals surface area (Å²) < 4.78 is 12.4. The predicted octanol–water partition coefficient (Wildman–Crippen LogP) is 8.90.